The van der Waals surface area contributed by atoms with Gasteiger partial charge in [-0.3, -0.25) is 19.4 Å². The Bertz CT molecular complexity index is 809. The molecule has 0 atom stereocenters. The fourth-order valence-electron chi connectivity index (χ4n) is 2.25. The van der Waals surface area contributed by atoms with Crippen LogP contribution in [0.2, 0.25) is 0 Å². The molecule has 1 amide bonds. The Morgan fingerprint density at radius 1 is 1.22 bits per heavy atom. The summed E-state index contributed by atoms with van der Waals surface area (Å²) in [6.45, 7) is 5.57. The standard InChI is InChI=1S/C17H19N3O3/c1-4-15(22)17-14(19-11(3)21)8-13(9-18-17)12-6-7-16(23)20(5-2)10-12/h6-10H,4-5H2,1-3H3,(H,19,21). The summed E-state index contributed by atoms with van der Waals surface area (Å²) in [5, 5.41) is 2.65. The third-order valence-corrected chi connectivity index (χ3v) is 3.44. The Kier molecular flexibility index (Phi) is 5.05. The molecule has 23 heavy (non-hydrogen) atoms. The van der Waals surface area contributed by atoms with Crippen LogP contribution in [-0.4, -0.2) is 21.2 Å². The first kappa shape index (κ1) is 16.6. The predicted octanol–water partition coefficient (Wildman–Crippen LogP) is 2.48. The van der Waals surface area contributed by atoms with E-state index >= 15 is 0 Å². The molecule has 0 spiro atoms. The predicted molar refractivity (Wildman–Crippen MR) is 88.5 cm³/mol. The maximum absolute atomic E-state index is 11.9. The van der Waals surface area contributed by atoms with Crippen LogP contribution in [0.3, 0.4) is 0 Å². The summed E-state index contributed by atoms with van der Waals surface area (Å²) in [6.07, 6.45) is 3.62. The van der Waals surface area contributed by atoms with Crippen molar-refractivity contribution in [1.29, 1.82) is 0 Å². The molecule has 0 aromatic carbocycles. The van der Waals surface area contributed by atoms with Crippen molar-refractivity contribution < 1.29 is 9.59 Å². The van der Waals surface area contributed by atoms with Crippen LogP contribution in [0.5, 0.6) is 0 Å². The third kappa shape index (κ3) is 3.71. The summed E-state index contributed by atoms with van der Waals surface area (Å²) in [4.78, 5) is 39.2. The topological polar surface area (TPSA) is 81.1 Å². The highest BCUT2D eigenvalue weighted by atomic mass is 16.1. The van der Waals surface area contributed by atoms with Crippen molar-refractivity contribution in [3.8, 4) is 11.1 Å². The van der Waals surface area contributed by atoms with Gasteiger partial charge in [-0.2, -0.15) is 0 Å². The van der Waals surface area contributed by atoms with E-state index in [9.17, 15) is 14.4 Å². The normalized spacial score (nSPS) is 10.4. The SMILES string of the molecule is CCC(=O)c1ncc(-c2ccc(=O)n(CC)c2)cc1NC(C)=O. The van der Waals surface area contributed by atoms with E-state index in [0.29, 0.717) is 18.7 Å². The quantitative estimate of drug-likeness (QED) is 0.860. The van der Waals surface area contributed by atoms with Crippen LogP contribution in [0.4, 0.5) is 5.69 Å². The zero-order chi connectivity index (χ0) is 17.0. The first-order chi connectivity index (χ1) is 11.0. The molecule has 6 nitrogen and oxygen atoms in total. The molecule has 2 aromatic heterocycles. The maximum atomic E-state index is 11.9. The van der Waals surface area contributed by atoms with E-state index in [2.05, 4.69) is 10.3 Å². The van der Waals surface area contributed by atoms with Crippen molar-refractivity contribution >= 4 is 17.4 Å². The van der Waals surface area contributed by atoms with Gasteiger partial charge in [-0.25, -0.2) is 0 Å². The second kappa shape index (κ2) is 7.00. The van der Waals surface area contributed by atoms with Crippen LogP contribution in [0.1, 0.15) is 37.7 Å². The Hall–Kier alpha value is -2.76. The van der Waals surface area contributed by atoms with E-state index in [0.717, 1.165) is 11.1 Å². The number of nitrogens with one attached hydrogen (secondary N) is 1. The van der Waals surface area contributed by atoms with Crippen molar-refractivity contribution in [3.63, 3.8) is 0 Å². The van der Waals surface area contributed by atoms with Gasteiger partial charge >= 0.3 is 0 Å². The molecule has 0 aliphatic rings. The third-order valence-electron chi connectivity index (χ3n) is 3.44. The molecule has 120 valence electrons. The van der Waals surface area contributed by atoms with Gasteiger partial charge in [0.1, 0.15) is 5.69 Å². The van der Waals surface area contributed by atoms with Gasteiger partial charge in [0.15, 0.2) is 5.78 Å². The molecule has 6 heteroatoms. The lowest BCUT2D eigenvalue weighted by atomic mass is 10.1. The van der Waals surface area contributed by atoms with Crippen LogP contribution in [-0.2, 0) is 11.3 Å². The molecule has 2 rings (SSSR count). The summed E-state index contributed by atoms with van der Waals surface area (Å²) in [7, 11) is 0. The molecule has 0 aliphatic carbocycles. The average Bonchev–Trinajstić information content (AvgIpc) is 2.54. The highest BCUT2D eigenvalue weighted by Gasteiger charge is 2.14. The van der Waals surface area contributed by atoms with Crippen LogP contribution in [0.15, 0.2) is 35.4 Å². The molecule has 2 aromatic rings. The van der Waals surface area contributed by atoms with Gasteiger partial charge in [-0.05, 0) is 24.6 Å². The number of amides is 1. The summed E-state index contributed by atoms with van der Waals surface area (Å²) in [5.41, 5.74) is 2.07. The summed E-state index contributed by atoms with van der Waals surface area (Å²) in [5.74, 6) is -0.411. The van der Waals surface area contributed by atoms with Gasteiger partial charge in [-0.1, -0.05) is 6.92 Å². The molecule has 1 N–H and O–H groups in total. The second-order valence-corrected chi connectivity index (χ2v) is 5.12. The summed E-state index contributed by atoms with van der Waals surface area (Å²) in [6, 6.07) is 4.89. The fourth-order valence-corrected chi connectivity index (χ4v) is 2.25. The number of anilines is 1. The average molecular weight is 313 g/mol. The maximum Gasteiger partial charge on any atom is 0.250 e. The number of carbonyl (C=O) groups excluding carboxylic acids is 2. The van der Waals surface area contributed by atoms with Gasteiger partial charge < -0.3 is 9.88 Å². The van der Waals surface area contributed by atoms with Crippen LogP contribution < -0.4 is 10.9 Å². The summed E-state index contributed by atoms with van der Waals surface area (Å²) < 4.78 is 1.58. The highest BCUT2D eigenvalue weighted by molar-refractivity contribution is 6.03. The molecule has 0 unspecified atom stereocenters. The molecular formula is C17H19N3O3. The van der Waals surface area contributed by atoms with Gasteiger partial charge in [0.25, 0.3) is 5.56 Å². The van der Waals surface area contributed by atoms with Gasteiger partial charge in [0, 0.05) is 43.9 Å². The van der Waals surface area contributed by atoms with Gasteiger partial charge in [0.2, 0.25) is 5.91 Å². The van der Waals surface area contributed by atoms with Crippen molar-refractivity contribution in [2.45, 2.75) is 33.7 Å². The minimum atomic E-state index is -0.271. The minimum Gasteiger partial charge on any atom is -0.324 e. The smallest absolute Gasteiger partial charge is 0.250 e. The molecule has 0 radical (unpaired) electrons. The van der Waals surface area contributed by atoms with E-state index in [1.54, 1.807) is 36.0 Å². The van der Waals surface area contributed by atoms with E-state index < -0.39 is 0 Å². The zero-order valence-corrected chi connectivity index (χ0v) is 13.4. The molecule has 2 heterocycles. The lowest BCUT2D eigenvalue weighted by Crippen LogP contribution is -2.17. The molecular weight excluding hydrogens is 294 g/mol. The molecule has 0 fully saturated rings. The van der Waals surface area contributed by atoms with E-state index in [1.165, 1.54) is 13.0 Å². The number of ketones is 1. The van der Waals surface area contributed by atoms with Crippen molar-refractivity contribution in [3.05, 3.63) is 46.6 Å². The number of nitrogens with zero attached hydrogens (tertiary/aromatic N) is 2. The molecule has 0 bridgehead atoms. The van der Waals surface area contributed by atoms with Crippen molar-refractivity contribution in [1.82, 2.24) is 9.55 Å². The first-order valence-electron chi connectivity index (χ1n) is 7.48. The minimum absolute atomic E-state index is 0.0796. The zero-order valence-electron chi connectivity index (χ0n) is 13.4. The first-order valence-corrected chi connectivity index (χ1v) is 7.48. The van der Waals surface area contributed by atoms with Crippen molar-refractivity contribution in [2.75, 3.05) is 5.32 Å². The van der Waals surface area contributed by atoms with Crippen molar-refractivity contribution in [2.24, 2.45) is 0 Å². The van der Waals surface area contributed by atoms with Crippen LogP contribution >= 0.6 is 0 Å². The number of pyridine rings is 2. The molecule has 0 saturated heterocycles. The monoisotopic (exact) mass is 313 g/mol. The number of hydrogen-bond donors (Lipinski definition) is 1. The van der Waals surface area contributed by atoms with Gasteiger partial charge in [0.05, 0.1) is 5.69 Å². The van der Waals surface area contributed by atoms with E-state index in [4.69, 9.17) is 0 Å². The van der Waals surface area contributed by atoms with E-state index in [1.807, 2.05) is 6.92 Å². The number of rotatable bonds is 5. The number of aromatic nitrogens is 2. The highest BCUT2D eigenvalue weighted by Crippen LogP contribution is 2.24. The lowest BCUT2D eigenvalue weighted by molar-refractivity contribution is -0.114. The Morgan fingerprint density at radius 3 is 2.57 bits per heavy atom. The van der Waals surface area contributed by atoms with Crippen LogP contribution in [0, 0.1) is 0 Å². The molecule has 0 saturated carbocycles. The number of carbonyl (C=O) groups is 2. The number of aryl methyl sites for hydroxylation is 1. The second-order valence-electron chi connectivity index (χ2n) is 5.12. The Balaban J connectivity index is 2.54. The number of hydrogen-bond acceptors (Lipinski definition) is 4. The lowest BCUT2D eigenvalue weighted by Gasteiger charge is -2.11. The fraction of sp³-hybridized carbons (Fsp3) is 0.294. The summed E-state index contributed by atoms with van der Waals surface area (Å²) >= 11 is 0. The van der Waals surface area contributed by atoms with E-state index in [-0.39, 0.29) is 22.9 Å². The number of Topliss-reactive ketones (excluding diaryl/α,β-unsaturated/α-hetero) is 1. The Morgan fingerprint density at radius 2 is 1.96 bits per heavy atom. The largest absolute Gasteiger partial charge is 0.324 e. The molecule has 0 aliphatic heterocycles. The Labute approximate surface area is 134 Å². The van der Waals surface area contributed by atoms with Gasteiger partial charge in [-0.15, -0.1) is 0 Å². The van der Waals surface area contributed by atoms with Crippen LogP contribution in [0.25, 0.3) is 11.1 Å².